The van der Waals surface area contributed by atoms with E-state index in [0.717, 1.165) is 0 Å². The van der Waals surface area contributed by atoms with Crippen LogP contribution >= 0.6 is 0 Å². The molecule has 2 N–H and O–H groups in total. The van der Waals surface area contributed by atoms with Gasteiger partial charge in [-0.2, -0.15) is 5.10 Å². The molecule has 1 saturated heterocycles. The van der Waals surface area contributed by atoms with Crippen molar-refractivity contribution in [3.63, 3.8) is 0 Å². The number of aromatic nitrogens is 2. The van der Waals surface area contributed by atoms with Gasteiger partial charge in [0.2, 0.25) is 10.0 Å². The number of nitrogens with one attached hydrogen (secondary N) is 1. The highest BCUT2D eigenvalue weighted by Gasteiger charge is 2.33. The van der Waals surface area contributed by atoms with Gasteiger partial charge in [0, 0.05) is 38.1 Å². The van der Waals surface area contributed by atoms with Gasteiger partial charge in [-0.25, -0.2) is 13.1 Å². The molecule has 0 atom stereocenters. The molecule has 2 rings (SSSR count). The summed E-state index contributed by atoms with van der Waals surface area (Å²) in [5.41, 5.74) is -0.468. The van der Waals surface area contributed by atoms with E-state index < -0.39 is 15.6 Å². The van der Waals surface area contributed by atoms with E-state index in [9.17, 15) is 8.42 Å². The molecule has 7 nitrogen and oxygen atoms in total. The maximum Gasteiger partial charge on any atom is 0.244 e. The summed E-state index contributed by atoms with van der Waals surface area (Å²) in [6, 6.07) is 0. The first-order valence-electron chi connectivity index (χ1n) is 6.70. The summed E-state index contributed by atoms with van der Waals surface area (Å²) >= 11 is 0. The van der Waals surface area contributed by atoms with E-state index in [4.69, 9.17) is 9.84 Å². The Morgan fingerprint density at radius 3 is 2.85 bits per heavy atom. The Labute approximate surface area is 119 Å². The van der Waals surface area contributed by atoms with Crippen LogP contribution in [-0.2, 0) is 21.3 Å². The van der Waals surface area contributed by atoms with E-state index in [1.807, 2.05) is 6.92 Å². The van der Waals surface area contributed by atoms with E-state index in [1.165, 1.54) is 17.1 Å². The van der Waals surface area contributed by atoms with Crippen LogP contribution in [0, 0.1) is 0 Å². The summed E-state index contributed by atoms with van der Waals surface area (Å²) in [5.74, 6) is 0. The number of rotatable bonds is 6. The third-order valence-corrected chi connectivity index (χ3v) is 5.04. The fourth-order valence-corrected chi connectivity index (χ4v) is 3.56. The van der Waals surface area contributed by atoms with Gasteiger partial charge in [-0.05, 0) is 26.2 Å². The zero-order valence-corrected chi connectivity index (χ0v) is 12.4. The molecule has 0 bridgehead atoms. The molecule has 114 valence electrons. The zero-order valence-electron chi connectivity index (χ0n) is 11.6. The molecule has 2 heterocycles. The number of ether oxygens (including phenoxy) is 1. The minimum atomic E-state index is -3.57. The summed E-state index contributed by atoms with van der Waals surface area (Å²) in [4.78, 5) is 0.156. The summed E-state index contributed by atoms with van der Waals surface area (Å²) in [7, 11) is -3.57. The average molecular weight is 303 g/mol. The highest BCUT2D eigenvalue weighted by Crippen LogP contribution is 2.22. The van der Waals surface area contributed by atoms with Crippen LogP contribution in [0.4, 0.5) is 0 Å². The van der Waals surface area contributed by atoms with Gasteiger partial charge in [-0.3, -0.25) is 4.68 Å². The van der Waals surface area contributed by atoms with Crippen LogP contribution in [0.15, 0.2) is 17.3 Å². The molecule has 0 aliphatic carbocycles. The van der Waals surface area contributed by atoms with E-state index >= 15 is 0 Å². The Morgan fingerprint density at radius 1 is 1.50 bits per heavy atom. The second-order valence-corrected chi connectivity index (χ2v) is 6.98. The predicted molar refractivity (Wildman–Crippen MR) is 72.7 cm³/mol. The number of hydrogen-bond donors (Lipinski definition) is 2. The number of nitrogens with zero attached hydrogens (tertiary/aromatic N) is 2. The Hall–Kier alpha value is -0.960. The molecule has 0 amide bonds. The third-order valence-electron chi connectivity index (χ3n) is 3.44. The molecule has 1 fully saturated rings. The van der Waals surface area contributed by atoms with Crippen molar-refractivity contribution in [1.82, 2.24) is 14.5 Å². The fourth-order valence-electron chi connectivity index (χ4n) is 2.15. The molecule has 1 aromatic heterocycles. The first kappa shape index (κ1) is 15.4. The second-order valence-electron chi connectivity index (χ2n) is 5.29. The van der Waals surface area contributed by atoms with E-state index in [1.54, 1.807) is 0 Å². The van der Waals surface area contributed by atoms with Crippen molar-refractivity contribution in [2.45, 2.75) is 43.2 Å². The number of aliphatic hydroxyl groups excluding tert-OH is 1. The van der Waals surface area contributed by atoms with E-state index in [-0.39, 0.29) is 11.5 Å². The fraction of sp³-hybridized carbons (Fsp3) is 0.750. The van der Waals surface area contributed by atoms with E-state index in [2.05, 4.69) is 9.82 Å². The smallest absolute Gasteiger partial charge is 0.244 e. The molecule has 0 radical (unpaired) electrons. The minimum Gasteiger partial charge on any atom is -0.396 e. The number of sulfonamides is 1. The Morgan fingerprint density at radius 2 is 2.20 bits per heavy atom. The monoisotopic (exact) mass is 303 g/mol. The van der Waals surface area contributed by atoms with Crippen molar-refractivity contribution in [1.29, 1.82) is 0 Å². The minimum absolute atomic E-state index is 0.0538. The molecular weight excluding hydrogens is 282 g/mol. The van der Waals surface area contributed by atoms with E-state index in [0.29, 0.717) is 39.0 Å². The predicted octanol–water partition coefficient (Wildman–Crippen LogP) is 0.113. The number of aliphatic hydroxyl groups is 1. The van der Waals surface area contributed by atoms with Gasteiger partial charge in [-0.1, -0.05) is 0 Å². The Balaban J connectivity index is 2.07. The largest absolute Gasteiger partial charge is 0.396 e. The van der Waals surface area contributed by atoms with Crippen LogP contribution in [0.5, 0.6) is 0 Å². The van der Waals surface area contributed by atoms with Crippen molar-refractivity contribution in [3.05, 3.63) is 12.4 Å². The zero-order chi connectivity index (χ0) is 14.6. The van der Waals surface area contributed by atoms with Crippen molar-refractivity contribution < 1.29 is 18.3 Å². The number of aryl methyl sites for hydroxylation is 1. The molecule has 1 aromatic rings. The lowest BCUT2D eigenvalue weighted by Crippen LogP contribution is -2.49. The van der Waals surface area contributed by atoms with Crippen molar-refractivity contribution in [2.75, 3.05) is 19.8 Å². The molecule has 20 heavy (non-hydrogen) atoms. The summed E-state index contributed by atoms with van der Waals surface area (Å²) in [6.45, 7) is 3.57. The van der Waals surface area contributed by atoms with Gasteiger partial charge in [0.25, 0.3) is 0 Å². The summed E-state index contributed by atoms with van der Waals surface area (Å²) < 4.78 is 34.2. The lowest BCUT2D eigenvalue weighted by Gasteiger charge is -2.33. The highest BCUT2D eigenvalue weighted by atomic mass is 32.2. The topological polar surface area (TPSA) is 93.5 Å². The molecule has 0 saturated carbocycles. The summed E-state index contributed by atoms with van der Waals surface area (Å²) in [6.07, 6.45) is 4.68. The molecular formula is C12H21N3O4S. The molecule has 1 aliphatic rings. The molecule has 0 spiro atoms. The third kappa shape index (κ3) is 3.78. The van der Waals surface area contributed by atoms with Crippen molar-refractivity contribution >= 4 is 10.0 Å². The van der Waals surface area contributed by atoms with Crippen LogP contribution in [0.3, 0.4) is 0 Å². The SMILES string of the molecule is CC1(NS(=O)(=O)c2cnn(CCCO)c2)CCOCC1. The van der Waals surface area contributed by atoms with Crippen LogP contribution in [0.2, 0.25) is 0 Å². The Kier molecular flexibility index (Phi) is 4.79. The molecule has 0 aromatic carbocycles. The first-order chi connectivity index (χ1) is 9.45. The molecule has 0 unspecified atom stereocenters. The number of hydrogen-bond acceptors (Lipinski definition) is 5. The molecule has 1 aliphatic heterocycles. The van der Waals surface area contributed by atoms with Crippen LogP contribution in [-0.4, -0.2) is 48.7 Å². The van der Waals surface area contributed by atoms with Gasteiger partial charge < -0.3 is 9.84 Å². The van der Waals surface area contributed by atoms with Crippen LogP contribution < -0.4 is 4.72 Å². The quantitative estimate of drug-likeness (QED) is 0.778. The van der Waals surface area contributed by atoms with Crippen LogP contribution in [0.25, 0.3) is 0 Å². The molecule has 8 heteroatoms. The van der Waals surface area contributed by atoms with Crippen molar-refractivity contribution in [3.8, 4) is 0 Å². The van der Waals surface area contributed by atoms with Gasteiger partial charge in [0.1, 0.15) is 4.90 Å². The van der Waals surface area contributed by atoms with Gasteiger partial charge in [-0.15, -0.1) is 0 Å². The second kappa shape index (κ2) is 6.21. The average Bonchev–Trinajstić information content (AvgIpc) is 2.85. The maximum atomic E-state index is 12.3. The Bertz CT molecular complexity index is 535. The summed E-state index contributed by atoms with van der Waals surface area (Å²) in [5, 5.41) is 12.8. The normalized spacial score (nSPS) is 19.1. The lowest BCUT2D eigenvalue weighted by atomic mass is 9.94. The standard InChI is InChI=1S/C12H21N3O4S/c1-12(3-7-19-8-4-12)14-20(17,18)11-9-13-15(10-11)5-2-6-16/h9-10,14,16H,2-8H2,1H3. The van der Waals surface area contributed by atoms with Crippen LogP contribution in [0.1, 0.15) is 26.2 Å². The van der Waals surface area contributed by atoms with Crippen molar-refractivity contribution in [2.24, 2.45) is 0 Å². The highest BCUT2D eigenvalue weighted by molar-refractivity contribution is 7.89. The lowest BCUT2D eigenvalue weighted by molar-refractivity contribution is 0.0537. The first-order valence-corrected chi connectivity index (χ1v) is 8.19. The maximum absolute atomic E-state index is 12.3. The van der Waals surface area contributed by atoms with Gasteiger partial charge in [0.15, 0.2) is 0 Å². The van der Waals surface area contributed by atoms with Gasteiger partial charge in [0.05, 0.1) is 6.20 Å². The van der Waals surface area contributed by atoms with Gasteiger partial charge >= 0.3 is 0 Å².